The summed E-state index contributed by atoms with van der Waals surface area (Å²) in [4.78, 5) is 24.8. The number of carbonyl (C=O) groups is 1. The van der Waals surface area contributed by atoms with E-state index in [9.17, 15) is 17.6 Å². The van der Waals surface area contributed by atoms with Crippen LogP contribution >= 0.6 is 0 Å². The molecule has 1 aromatic heterocycles. The van der Waals surface area contributed by atoms with Crippen molar-refractivity contribution in [3.8, 4) is 0 Å². The number of aromatic nitrogens is 1. The lowest BCUT2D eigenvalue weighted by atomic mass is 9.76. The Hall–Kier alpha value is -3.06. The highest BCUT2D eigenvalue weighted by molar-refractivity contribution is 7.87. The second kappa shape index (κ2) is 12.7. The van der Waals surface area contributed by atoms with E-state index in [4.69, 9.17) is 4.74 Å². The van der Waals surface area contributed by atoms with Crippen LogP contribution in [0.15, 0.2) is 42.1 Å². The minimum Gasteiger partial charge on any atom is -0.381 e. The Morgan fingerprint density at radius 1 is 1.00 bits per heavy atom. The predicted octanol–water partition coefficient (Wildman–Crippen LogP) is 4.00. The number of amides is 1. The van der Waals surface area contributed by atoms with E-state index in [2.05, 4.69) is 31.5 Å². The lowest BCUT2D eigenvalue weighted by Crippen LogP contribution is -2.49. The summed E-state index contributed by atoms with van der Waals surface area (Å²) in [5, 5.41) is 0. The van der Waals surface area contributed by atoms with Crippen LogP contribution in [0.5, 0.6) is 0 Å². The molecule has 1 amide bonds. The zero-order valence-electron chi connectivity index (χ0n) is 25.8. The molecule has 1 aromatic carbocycles. The topological polar surface area (TPSA) is 98.3 Å². The normalized spacial score (nSPS) is 20.7. The van der Waals surface area contributed by atoms with Gasteiger partial charge in [-0.15, -0.1) is 0 Å². The molecule has 4 aliphatic rings. The first-order chi connectivity index (χ1) is 21.1. The van der Waals surface area contributed by atoms with E-state index < -0.39 is 16.1 Å². The highest BCUT2D eigenvalue weighted by atomic mass is 32.2. The first-order valence-electron chi connectivity index (χ1n) is 15.7. The van der Waals surface area contributed by atoms with Crippen LogP contribution in [0.25, 0.3) is 5.70 Å². The van der Waals surface area contributed by atoms with E-state index in [0.29, 0.717) is 24.5 Å². The van der Waals surface area contributed by atoms with Crippen LogP contribution in [0.2, 0.25) is 0 Å². The number of anilines is 2. The maximum absolute atomic E-state index is 13.9. The Morgan fingerprint density at radius 3 is 2.27 bits per heavy atom. The van der Waals surface area contributed by atoms with Gasteiger partial charge >= 0.3 is 10.2 Å². The molecule has 4 heterocycles. The molecule has 0 bridgehead atoms. The van der Waals surface area contributed by atoms with Gasteiger partial charge in [-0.3, -0.25) is 4.79 Å². The number of benzene rings is 1. The summed E-state index contributed by atoms with van der Waals surface area (Å²) in [5.41, 5.74) is 5.03. The molecule has 2 saturated heterocycles. The van der Waals surface area contributed by atoms with Crippen molar-refractivity contribution >= 4 is 33.2 Å². The van der Waals surface area contributed by atoms with Crippen molar-refractivity contribution < 1.29 is 22.3 Å². The van der Waals surface area contributed by atoms with Crippen LogP contribution in [-0.4, -0.2) is 99.5 Å². The van der Waals surface area contributed by atoms with Crippen molar-refractivity contribution in [3.05, 3.63) is 59.2 Å². The molecule has 1 saturated carbocycles. The summed E-state index contributed by atoms with van der Waals surface area (Å²) in [7, 11) is 0.998. The molecular weight excluding hydrogens is 583 g/mol. The summed E-state index contributed by atoms with van der Waals surface area (Å²) in [6.45, 7) is 4.08. The van der Waals surface area contributed by atoms with Gasteiger partial charge in [-0.1, -0.05) is 6.42 Å². The van der Waals surface area contributed by atoms with Crippen molar-refractivity contribution in [1.29, 1.82) is 0 Å². The van der Waals surface area contributed by atoms with Gasteiger partial charge in [-0.25, -0.2) is 14.1 Å². The lowest BCUT2D eigenvalue weighted by molar-refractivity contribution is 0.0187. The fourth-order valence-electron chi connectivity index (χ4n) is 6.93. The molecule has 3 fully saturated rings. The number of piperidine rings is 1. The van der Waals surface area contributed by atoms with E-state index in [1.165, 1.54) is 38.2 Å². The maximum atomic E-state index is 13.9. The molecule has 238 valence electrons. The van der Waals surface area contributed by atoms with Gasteiger partial charge in [0, 0.05) is 76.0 Å². The number of fused-ring (bicyclic) bond motifs is 1. The first kappa shape index (κ1) is 30.9. The molecule has 0 atom stereocenters. The number of likely N-dealkylation sites (tertiary alicyclic amines) is 1. The highest BCUT2D eigenvalue weighted by Crippen LogP contribution is 2.47. The van der Waals surface area contributed by atoms with Gasteiger partial charge in [0.2, 0.25) is 0 Å². The molecule has 2 aromatic rings. The van der Waals surface area contributed by atoms with Crippen molar-refractivity contribution in [2.24, 2.45) is 5.92 Å². The minimum absolute atomic E-state index is 0.0368. The summed E-state index contributed by atoms with van der Waals surface area (Å²) in [6, 6.07) is 9.23. The Balaban J connectivity index is 1.36. The zero-order chi connectivity index (χ0) is 31.0. The smallest absolute Gasteiger partial charge is 0.303 e. The Labute approximate surface area is 260 Å². The molecule has 3 aliphatic heterocycles. The van der Waals surface area contributed by atoms with E-state index in [0.717, 1.165) is 91.8 Å². The Kier molecular flexibility index (Phi) is 8.96. The zero-order valence-corrected chi connectivity index (χ0v) is 26.7. The fraction of sp³-hybridized carbons (Fsp3) is 0.562. The van der Waals surface area contributed by atoms with Crippen molar-refractivity contribution in [3.63, 3.8) is 0 Å². The van der Waals surface area contributed by atoms with Crippen LogP contribution in [0, 0.1) is 11.7 Å². The minimum atomic E-state index is -3.99. The summed E-state index contributed by atoms with van der Waals surface area (Å²) < 4.78 is 47.5. The predicted molar refractivity (Wildman–Crippen MR) is 168 cm³/mol. The van der Waals surface area contributed by atoms with Gasteiger partial charge in [0.1, 0.15) is 11.5 Å². The lowest BCUT2D eigenvalue weighted by Gasteiger charge is -2.46. The summed E-state index contributed by atoms with van der Waals surface area (Å²) >= 11 is 0. The molecule has 1 aliphatic carbocycles. The molecule has 6 rings (SSSR count). The number of nitrogens with zero attached hydrogens (tertiary/aromatic N) is 5. The molecule has 0 spiro atoms. The third kappa shape index (κ3) is 6.22. The Bertz CT molecular complexity index is 1500. The first-order valence-corrected chi connectivity index (χ1v) is 17.1. The van der Waals surface area contributed by atoms with Gasteiger partial charge in [0.25, 0.3) is 5.91 Å². The van der Waals surface area contributed by atoms with Gasteiger partial charge in [0.15, 0.2) is 0 Å². The van der Waals surface area contributed by atoms with Crippen molar-refractivity contribution in [2.45, 2.75) is 57.0 Å². The molecule has 10 nitrogen and oxygen atoms in total. The third-order valence-corrected chi connectivity index (χ3v) is 11.3. The number of pyridine rings is 1. The summed E-state index contributed by atoms with van der Waals surface area (Å²) in [6.07, 6.45) is 9.25. The third-order valence-electron chi connectivity index (χ3n) is 9.86. The molecule has 0 radical (unpaired) electrons. The number of hydrogen-bond acceptors (Lipinski definition) is 8. The second-order valence-corrected chi connectivity index (χ2v) is 14.5. The number of nitrogens with one attached hydrogen (secondary N) is 1. The van der Waals surface area contributed by atoms with E-state index in [-0.39, 0.29) is 11.5 Å². The molecule has 1 N–H and O–H groups in total. The van der Waals surface area contributed by atoms with Crippen molar-refractivity contribution in [1.82, 2.24) is 23.8 Å². The van der Waals surface area contributed by atoms with Gasteiger partial charge in [-0.2, -0.15) is 12.7 Å². The number of rotatable bonds is 8. The quantitative estimate of drug-likeness (QED) is 0.470. The van der Waals surface area contributed by atoms with Crippen LogP contribution in [0.4, 0.5) is 15.8 Å². The standard InChI is InChI=1S/C32H43FN6O4S/c1-36(2)44(41,42)35-32(40)29-19-27-30(20-34-29)39(26-9-7-23(33)8-10-26)21-28(22-5-4-6-22)31(27)38-15-11-24(12-16-38)37(3)25-13-17-43-18-14-25/h7-10,19-20,22,24-25H,4-6,11-18,21H2,1-3H3,(H,35,40). The van der Waals surface area contributed by atoms with E-state index in [1.807, 2.05) is 0 Å². The molecule has 44 heavy (non-hydrogen) atoms. The number of ether oxygens (including phenoxy) is 1. The molecule has 12 heteroatoms. The molecule has 0 unspecified atom stereocenters. The fourth-order valence-corrected chi connectivity index (χ4v) is 7.45. The summed E-state index contributed by atoms with van der Waals surface area (Å²) in [5.74, 6) is -0.660. The van der Waals surface area contributed by atoms with E-state index >= 15 is 0 Å². The number of hydrogen-bond donors (Lipinski definition) is 1. The molecular formula is C32H43FN6O4S. The number of halogens is 1. The monoisotopic (exact) mass is 626 g/mol. The average Bonchev–Trinajstić information content (AvgIpc) is 3.00. The van der Waals surface area contributed by atoms with Crippen LogP contribution in [-0.2, 0) is 14.9 Å². The maximum Gasteiger partial charge on any atom is 0.303 e. The van der Waals surface area contributed by atoms with Gasteiger partial charge < -0.3 is 19.4 Å². The van der Waals surface area contributed by atoms with E-state index in [1.54, 1.807) is 24.4 Å². The van der Waals surface area contributed by atoms with Crippen LogP contribution in [0.1, 0.15) is 61.0 Å². The second-order valence-electron chi connectivity index (χ2n) is 12.6. The largest absolute Gasteiger partial charge is 0.381 e. The van der Waals surface area contributed by atoms with Gasteiger partial charge in [0.05, 0.1) is 11.9 Å². The number of carbonyl (C=O) groups excluding carboxylic acids is 1. The average molecular weight is 627 g/mol. The van der Waals surface area contributed by atoms with Crippen molar-refractivity contribution in [2.75, 3.05) is 58.9 Å². The SMILES string of the molecule is CN(C1CCOCC1)C1CCN(C2=C(C3CCC3)CN(c3ccc(F)cc3)c3cnc(C(=O)NS(=O)(=O)N(C)C)cc32)CC1. The van der Waals surface area contributed by atoms with Crippen LogP contribution in [0.3, 0.4) is 0 Å². The van der Waals surface area contributed by atoms with Crippen LogP contribution < -0.4 is 9.62 Å². The van der Waals surface area contributed by atoms with Gasteiger partial charge in [-0.05, 0) is 87.4 Å². The highest BCUT2D eigenvalue weighted by Gasteiger charge is 2.37. The Morgan fingerprint density at radius 2 is 1.66 bits per heavy atom.